The van der Waals surface area contributed by atoms with Gasteiger partial charge >= 0.3 is 5.69 Å². The maximum atomic E-state index is 12.9. The highest BCUT2D eigenvalue weighted by molar-refractivity contribution is 6.17. The molecule has 0 aliphatic heterocycles. The van der Waals surface area contributed by atoms with Crippen LogP contribution in [-0.2, 0) is 0 Å². The van der Waals surface area contributed by atoms with Crippen molar-refractivity contribution in [2.75, 3.05) is 12.5 Å². The Kier molecular flexibility index (Phi) is 4.30. The van der Waals surface area contributed by atoms with Gasteiger partial charge in [0.05, 0.1) is 17.6 Å². The van der Waals surface area contributed by atoms with Crippen LogP contribution in [0.3, 0.4) is 0 Å². The van der Waals surface area contributed by atoms with Crippen molar-refractivity contribution in [3.8, 4) is 5.75 Å². The predicted octanol–water partition coefficient (Wildman–Crippen LogP) is 2.74. The maximum Gasteiger partial charge on any atom is 0.308 e. The van der Waals surface area contributed by atoms with Crippen LogP contribution in [0.15, 0.2) is 18.2 Å². The molecule has 0 saturated carbocycles. The summed E-state index contributed by atoms with van der Waals surface area (Å²) in [5, 5.41) is 10.4. The second-order valence-corrected chi connectivity index (χ2v) is 3.14. The fourth-order valence-corrected chi connectivity index (χ4v) is 1.08. The fourth-order valence-electron chi connectivity index (χ4n) is 0.967. The topological polar surface area (TPSA) is 52.4 Å². The van der Waals surface area contributed by atoms with Crippen LogP contribution < -0.4 is 4.74 Å². The molecule has 0 bridgehead atoms. The van der Waals surface area contributed by atoms with E-state index in [1.54, 1.807) is 0 Å². The Bertz CT molecular complexity index is 359. The molecule has 0 atom stereocenters. The van der Waals surface area contributed by atoms with Crippen molar-refractivity contribution in [2.45, 2.75) is 6.42 Å². The summed E-state index contributed by atoms with van der Waals surface area (Å²) in [7, 11) is 0. The Morgan fingerprint density at radius 1 is 1.53 bits per heavy atom. The lowest BCUT2D eigenvalue weighted by Crippen LogP contribution is -1.99. The summed E-state index contributed by atoms with van der Waals surface area (Å²) in [6, 6.07) is 3.41. The number of halogens is 2. The van der Waals surface area contributed by atoms with E-state index in [1.807, 2.05) is 0 Å². The lowest BCUT2D eigenvalue weighted by Gasteiger charge is -2.04. The van der Waals surface area contributed by atoms with Crippen LogP contribution in [0.2, 0.25) is 0 Å². The van der Waals surface area contributed by atoms with Gasteiger partial charge in [-0.3, -0.25) is 10.1 Å². The minimum atomic E-state index is -0.871. The van der Waals surface area contributed by atoms with E-state index in [1.165, 1.54) is 6.07 Å². The summed E-state index contributed by atoms with van der Waals surface area (Å²) in [6.45, 7) is 0.353. The first-order valence-corrected chi connectivity index (χ1v) is 4.81. The van der Waals surface area contributed by atoms with E-state index in [2.05, 4.69) is 0 Å². The van der Waals surface area contributed by atoms with Crippen molar-refractivity contribution in [3.05, 3.63) is 34.1 Å². The molecule has 1 rings (SSSR count). The molecule has 4 nitrogen and oxygen atoms in total. The largest absolute Gasteiger partial charge is 0.493 e. The number of nitro benzene ring substituents is 1. The van der Waals surface area contributed by atoms with Crippen LogP contribution in [0.4, 0.5) is 10.1 Å². The van der Waals surface area contributed by atoms with Crippen molar-refractivity contribution in [1.82, 2.24) is 0 Å². The first kappa shape index (κ1) is 11.7. The molecule has 0 saturated heterocycles. The van der Waals surface area contributed by atoms with Gasteiger partial charge in [0.2, 0.25) is 5.82 Å². The molecule has 0 aliphatic rings. The van der Waals surface area contributed by atoms with Gasteiger partial charge in [0.25, 0.3) is 0 Å². The van der Waals surface area contributed by atoms with Crippen LogP contribution in [0.25, 0.3) is 0 Å². The standard InChI is InChI=1S/C9H9ClFNO3/c10-4-1-5-15-7-2-3-8(11)9(6-7)12(13)14/h2-3,6H,1,4-5H2. The number of benzene rings is 1. The Balaban J connectivity index is 2.74. The molecular formula is C9H9ClFNO3. The van der Waals surface area contributed by atoms with Gasteiger partial charge < -0.3 is 4.74 Å². The second kappa shape index (κ2) is 5.50. The van der Waals surface area contributed by atoms with Crippen molar-refractivity contribution < 1.29 is 14.1 Å². The normalized spacial score (nSPS) is 10.0. The maximum absolute atomic E-state index is 12.9. The monoisotopic (exact) mass is 233 g/mol. The predicted molar refractivity (Wildman–Crippen MR) is 53.9 cm³/mol. The molecule has 0 N–H and O–H groups in total. The smallest absolute Gasteiger partial charge is 0.308 e. The average molecular weight is 234 g/mol. The molecule has 82 valence electrons. The molecule has 0 aliphatic carbocycles. The molecule has 1 aromatic rings. The highest BCUT2D eigenvalue weighted by atomic mass is 35.5. The fraction of sp³-hybridized carbons (Fsp3) is 0.333. The van der Waals surface area contributed by atoms with Crippen LogP contribution in [0, 0.1) is 15.9 Å². The van der Waals surface area contributed by atoms with Crippen molar-refractivity contribution in [1.29, 1.82) is 0 Å². The summed E-state index contributed by atoms with van der Waals surface area (Å²) >= 11 is 5.43. The number of alkyl halides is 1. The molecule has 0 amide bonds. The summed E-state index contributed by atoms with van der Waals surface area (Å²) < 4.78 is 18.0. The third kappa shape index (κ3) is 3.36. The van der Waals surface area contributed by atoms with E-state index in [0.29, 0.717) is 18.9 Å². The lowest BCUT2D eigenvalue weighted by atomic mass is 10.3. The first-order chi connectivity index (χ1) is 7.15. The Morgan fingerprint density at radius 2 is 2.27 bits per heavy atom. The highest BCUT2D eigenvalue weighted by Gasteiger charge is 2.14. The van der Waals surface area contributed by atoms with Crippen LogP contribution in [0.5, 0.6) is 5.75 Å². The van der Waals surface area contributed by atoms with Crippen molar-refractivity contribution in [3.63, 3.8) is 0 Å². The molecule has 1 aromatic carbocycles. The zero-order valence-electron chi connectivity index (χ0n) is 7.78. The molecule has 0 fully saturated rings. The number of hydrogen-bond acceptors (Lipinski definition) is 3. The van der Waals surface area contributed by atoms with E-state index < -0.39 is 16.4 Å². The van der Waals surface area contributed by atoms with Gasteiger partial charge in [-0.25, -0.2) is 0 Å². The number of rotatable bonds is 5. The molecule has 6 heteroatoms. The van der Waals surface area contributed by atoms with Gasteiger partial charge in [-0.1, -0.05) is 0 Å². The molecule has 15 heavy (non-hydrogen) atoms. The number of nitrogens with zero attached hydrogens (tertiary/aromatic N) is 1. The number of hydrogen-bond donors (Lipinski definition) is 0. The quantitative estimate of drug-likeness (QED) is 0.340. The van der Waals surface area contributed by atoms with Gasteiger partial charge in [-0.05, 0) is 18.6 Å². The molecule has 0 radical (unpaired) electrons. The van der Waals surface area contributed by atoms with E-state index in [0.717, 1.165) is 12.1 Å². The van der Waals surface area contributed by atoms with Crippen molar-refractivity contribution >= 4 is 17.3 Å². The molecular weight excluding hydrogens is 225 g/mol. The van der Waals surface area contributed by atoms with Crippen LogP contribution >= 0.6 is 11.6 Å². The van der Waals surface area contributed by atoms with Gasteiger partial charge in [-0.2, -0.15) is 4.39 Å². The Morgan fingerprint density at radius 3 is 2.87 bits per heavy atom. The van der Waals surface area contributed by atoms with Crippen LogP contribution in [-0.4, -0.2) is 17.4 Å². The molecule has 0 heterocycles. The minimum Gasteiger partial charge on any atom is -0.493 e. The third-order valence-electron chi connectivity index (χ3n) is 1.66. The van der Waals surface area contributed by atoms with Crippen molar-refractivity contribution in [2.24, 2.45) is 0 Å². The minimum absolute atomic E-state index is 0.271. The molecule has 0 aromatic heterocycles. The first-order valence-electron chi connectivity index (χ1n) is 4.28. The van der Waals surface area contributed by atoms with E-state index >= 15 is 0 Å². The van der Waals surface area contributed by atoms with Gasteiger partial charge in [-0.15, -0.1) is 11.6 Å². The average Bonchev–Trinajstić information content (AvgIpc) is 2.20. The van der Waals surface area contributed by atoms with E-state index in [9.17, 15) is 14.5 Å². The molecule has 0 unspecified atom stereocenters. The SMILES string of the molecule is O=[N+]([O-])c1cc(OCCCCl)ccc1F. The van der Waals surface area contributed by atoms with Gasteiger partial charge in [0.15, 0.2) is 0 Å². The summed E-state index contributed by atoms with van der Waals surface area (Å²) in [6.07, 6.45) is 0.632. The zero-order valence-corrected chi connectivity index (χ0v) is 8.54. The van der Waals surface area contributed by atoms with E-state index in [4.69, 9.17) is 16.3 Å². The highest BCUT2D eigenvalue weighted by Crippen LogP contribution is 2.23. The summed E-state index contributed by atoms with van der Waals surface area (Å²) in [5.74, 6) is -0.151. The Labute approximate surface area is 90.8 Å². The third-order valence-corrected chi connectivity index (χ3v) is 1.93. The lowest BCUT2D eigenvalue weighted by molar-refractivity contribution is -0.387. The van der Waals surface area contributed by atoms with E-state index in [-0.39, 0.29) is 5.75 Å². The zero-order chi connectivity index (χ0) is 11.3. The summed E-state index contributed by atoms with van der Waals surface area (Å²) in [5.41, 5.74) is -0.585. The van der Waals surface area contributed by atoms with Crippen LogP contribution in [0.1, 0.15) is 6.42 Å². The Hall–Kier alpha value is -1.36. The number of ether oxygens (including phenoxy) is 1. The van der Waals surface area contributed by atoms with Gasteiger partial charge in [0.1, 0.15) is 5.75 Å². The molecule has 0 spiro atoms. The number of nitro groups is 1. The second-order valence-electron chi connectivity index (χ2n) is 2.76. The summed E-state index contributed by atoms with van der Waals surface area (Å²) in [4.78, 5) is 9.60. The van der Waals surface area contributed by atoms with Gasteiger partial charge in [0, 0.05) is 5.88 Å².